The summed E-state index contributed by atoms with van der Waals surface area (Å²) in [6.07, 6.45) is 3.23. The molecule has 1 N–H and O–H groups in total. The summed E-state index contributed by atoms with van der Waals surface area (Å²) < 4.78 is 18.7. The molecule has 0 bridgehead atoms. The van der Waals surface area contributed by atoms with Gasteiger partial charge in [0.2, 0.25) is 0 Å². The van der Waals surface area contributed by atoms with Crippen LogP contribution in [0.5, 0.6) is 0 Å². The van der Waals surface area contributed by atoms with Gasteiger partial charge in [-0.25, -0.2) is 4.39 Å². The van der Waals surface area contributed by atoms with Crippen LogP contribution in [0.15, 0.2) is 18.2 Å². The predicted octanol–water partition coefficient (Wildman–Crippen LogP) is 3.99. The van der Waals surface area contributed by atoms with E-state index in [0.717, 1.165) is 36.9 Å². The van der Waals surface area contributed by atoms with E-state index in [1.165, 1.54) is 6.07 Å². The van der Waals surface area contributed by atoms with Crippen molar-refractivity contribution in [1.29, 1.82) is 0 Å². The average molecular weight is 267 g/mol. The minimum absolute atomic E-state index is 0.163. The van der Waals surface area contributed by atoms with Gasteiger partial charge in [0.25, 0.3) is 0 Å². The Hall–Kier alpha value is -0.930. The lowest BCUT2D eigenvalue weighted by atomic mass is 9.96. The van der Waals surface area contributed by atoms with Crippen LogP contribution >= 0.6 is 0 Å². The zero-order valence-corrected chi connectivity index (χ0v) is 12.5. The monoisotopic (exact) mass is 267 g/mol. The van der Waals surface area contributed by atoms with E-state index >= 15 is 0 Å². The van der Waals surface area contributed by atoms with Gasteiger partial charge in [0, 0.05) is 13.2 Å². The molecular weight excluding hydrogens is 241 g/mol. The van der Waals surface area contributed by atoms with Gasteiger partial charge in [0.1, 0.15) is 5.82 Å². The number of nitrogens with one attached hydrogen (secondary N) is 1. The second kappa shape index (κ2) is 8.28. The van der Waals surface area contributed by atoms with Crippen molar-refractivity contribution in [3.05, 3.63) is 35.1 Å². The summed E-state index contributed by atoms with van der Waals surface area (Å²) in [4.78, 5) is 0. The molecular formula is C16H26FNO. The second-order valence-corrected chi connectivity index (χ2v) is 5.13. The number of halogens is 1. The molecule has 0 aliphatic rings. The Balaban J connectivity index is 2.79. The number of hydrogen-bond acceptors (Lipinski definition) is 2. The van der Waals surface area contributed by atoms with E-state index in [-0.39, 0.29) is 18.0 Å². The van der Waals surface area contributed by atoms with Crippen molar-refractivity contribution in [2.45, 2.75) is 52.2 Å². The summed E-state index contributed by atoms with van der Waals surface area (Å²) in [5.74, 6) is -0.163. The van der Waals surface area contributed by atoms with Crippen molar-refractivity contribution in [3.63, 3.8) is 0 Å². The Morgan fingerprint density at radius 2 is 2.05 bits per heavy atom. The van der Waals surface area contributed by atoms with Crippen molar-refractivity contribution in [2.75, 3.05) is 13.7 Å². The van der Waals surface area contributed by atoms with E-state index in [9.17, 15) is 4.39 Å². The third kappa shape index (κ3) is 5.29. The normalized spacial score (nSPS) is 14.4. The standard InChI is InChI=1S/C16H26FNO/c1-5-10-18-16(9-7-13(3)19-4)15-11-14(17)8-6-12(15)2/h6,8,11,13,16,18H,5,7,9-10H2,1-4H3. The highest BCUT2D eigenvalue weighted by Gasteiger charge is 2.15. The zero-order chi connectivity index (χ0) is 14.3. The van der Waals surface area contributed by atoms with Gasteiger partial charge in [-0.05, 0) is 62.9 Å². The number of aryl methyl sites for hydroxylation is 1. The van der Waals surface area contributed by atoms with Crippen molar-refractivity contribution in [3.8, 4) is 0 Å². The fourth-order valence-corrected chi connectivity index (χ4v) is 2.19. The molecule has 0 radical (unpaired) electrons. The first-order valence-corrected chi connectivity index (χ1v) is 7.10. The third-order valence-electron chi connectivity index (χ3n) is 3.52. The maximum atomic E-state index is 13.4. The van der Waals surface area contributed by atoms with Crippen molar-refractivity contribution in [2.24, 2.45) is 0 Å². The molecule has 0 fully saturated rings. The van der Waals surface area contributed by atoms with Gasteiger partial charge in [-0.2, -0.15) is 0 Å². The Bertz CT molecular complexity index is 381. The van der Waals surface area contributed by atoms with Crippen LogP contribution in [-0.4, -0.2) is 19.8 Å². The molecule has 0 aromatic heterocycles. The first-order chi connectivity index (χ1) is 9.08. The summed E-state index contributed by atoms with van der Waals surface area (Å²) in [6.45, 7) is 7.19. The predicted molar refractivity (Wildman–Crippen MR) is 77.9 cm³/mol. The average Bonchev–Trinajstić information content (AvgIpc) is 2.41. The van der Waals surface area contributed by atoms with Gasteiger partial charge in [-0.1, -0.05) is 13.0 Å². The minimum Gasteiger partial charge on any atom is -0.382 e. The summed E-state index contributed by atoms with van der Waals surface area (Å²) in [5.41, 5.74) is 2.21. The second-order valence-electron chi connectivity index (χ2n) is 5.13. The topological polar surface area (TPSA) is 21.3 Å². The summed E-state index contributed by atoms with van der Waals surface area (Å²) in [6, 6.07) is 5.23. The highest BCUT2D eigenvalue weighted by Crippen LogP contribution is 2.24. The van der Waals surface area contributed by atoms with E-state index in [1.54, 1.807) is 13.2 Å². The first kappa shape index (κ1) is 16.1. The van der Waals surface area contributed by atoms with Crippen LogP contribution in [0.3, 0.4) is 0 Å². The Morgan fingerprint density at radius 3 is 2.68 bits per heavy atom. The molecule has 0 saturated heterocycles. The summed E-state index contributed by atoms with van der Waals surface area (Å²) in [7, 11) is 1.73. The lowest BCUT2D eigenvalue weighted by Crippen LogP contribution is -2.24. The zero-order valence-electron chi connectivity index (χ0n) is 12.5. The molecule has 19 heavy (non-hydrogen) atoms. The fraction of sp³-hybridized carbons (Fsp3) is 0.625. The highest BCUT2D eigenvalue weighted by atomic mass is 19.1. The highest BCUT2D eigenvalue weighted by molar-refractivity contribution is 5.29. The van der Waals surface area contributed by atoms with Crippen LogP contribution in [0, 0.1) is 12.7 Å². The van der Waals surface area contributed by atoms with Crippen molar-refractivity contribution in [1.82, 2.24) is 5.32 Å². The Morgan fingerprint density at radius 1 is 1.32 bits per heavy atom. The molecule has 0 amide bonds. The van der Waals surface area contributed by atoms with E-state index in [0.29, 0.717) is 0 Å². The molecule has 3 heteroatoms. The van der Waals surface area contributed by atoms with Gasteiger partial charge in [-0.15, -0.1) is 0 Å². The van der Waals surface area contributed by atoms with Crippen LogP contribution < -0.4 is 5.32 Å². The van der Waals surface area contributed by atoms with E-state index in [4.69, 9.17) is 4.74 Å². The molecule has 1 aromatic rings. The van der Waals surface area contributed by atoms with Gasteiger partial charge in [-0.3, -0.25) is 0 Å². The van der Waals surface area contributed by atoms with E-state index < -0.39 is 0 Å². The van der Waals surface area contributed by atoms with Crippen LogP contribution in [-0.2, 0) is 4.74 Å². The van der Waals surface area contributed by atoms with Gasteiger partial charge in [0.15, 0.2) is 0 Å². The number of hydrogen-bond donors (Lipinski definition) is 1. The lowest BCUT2D eigenvalue weighted by molar-refractivity contribution is 0.106. The van der Waals surface area contributed by atoms with Crippen LogP contribution in [0.4, 0.5) is 4.39 Å². The molecule has 2 atom stereocenters. The largest absolute Gasteiger partial charge is 0.382 e. The molecule has 0 saturated carbocycles. The number of ether oxygens (including phenoxy) is 1. The van der Waals surface area contributed by atoms with Crippen LogP contribution in [0.2, 0.25) is 0 Å². The van der Waals surface area contributed by atoms with Gasteiger partial charge >= 0.3 is 0 Å². The number of methoxy groups -OCH3 is 1. The summed E-state index contributed by atoms with van der Waals surface area (Å²) >= 11 is 0. The molecule has 2 nitrogen and oxygen atoms in total. The maximum absolute atomic E-state index is 13.4. The lowest BCUT2D eigenvalue weighted by Gasteiger charge is -2.22. The summed E-state index contributed by atoms with van der Waals surface area (Å²) in [5, 5.41) is 3.51. The Kier molecular flexibility index (Phi) is 7.03. The maximum Gasteiger partial charge on any atom is 0.123 e. The minimum atomic E-state index is -0.163. The van der Waals surface area contributed by atoms with E-state index in [1.807, 2.05) is 13.0 Å². The fourth-order valence-electron chi connectivity index (χ4n) is 2.19. The molecule has 2 unspecified atom stereocenters. The number of rotatable bonds is 8. The van der Waals surface area contributed by atoms with Crippen molar-refractivity contribution >= 4 is 0 Å². The van der Waals surface area contributed by atoms with Gasteiger partial charge in [0.05, 0.1) is 6.10 Å². The molecule has 0 heterocycles. The van der Waals surface area contributed by atoms with E-state index in [2.05, 4.69) is 19.2 Å². The van der Waals surface area contributed by atoms with Crippen molar-refractivity contribution < 1.29 is 9.13 Å². The first-order valence-electron chi connectivity index (χ1n) is 7.10. The molecule has 108 valence electrons. The molecule has 1 rings (SSSR count). The van der Waals surface area contributed by atoms with Gasteiger partial charge < -0.3 is 10.1 Å². The number of benzene rings is 1. The van der Waals surface area contributed by atoms with Crippen LogP contribution in [0.1, 0.15) is 50.3 Å². The molecule has 0 aliphatic heterocycles. The SMILES string of the molecule is CCCNC(CCC(C)OC)c1cc(F)ccc1C. The van der Waals surface area contributed by atoms with Crippen LogP contribution in [0.25, 0.3) is 0 Å². The smallest absolute Gasteiger partial charge is 0.123 e. The molecule has 0 spiro atoms. The quantitative estimate of drug-likeness (QED) is 0.769. The molecule has 0 aliphatic carbocycles. The Labute approximate surface area is 116 Å². The molecule has 1 aromatic carbocycles. The third-order valence-corrected chi connectivity index (χ3v) is 3.52.